The van der Waals surface area contributed by atoms with Gasteiger partial charge in [0.15, 0.2) is 11.9 Å². The Bertz CT molecular complexity index is 757. The number of nitrogens with one attached hydrogen (secondary N) is 1. The highest BCUT2D eigenvalue weighted by Crippen LogP contribution is 2.15. The second-order valence-corrected chi connectivity index (χ2v) is 5.37. The lowest BCUT2D eigenvalue weighted by atomic mass is 10.1. The van der Waals surface area contributed by atoms with Gasteiger partial charge in [-0.05, 0) is 52.0 Å². The zero-order chi connectivity index (χ0) is 17.9. The minimum absolute atomic E-state index is 0.0605. The molecule has 0 saturated carbocycles. The molecule has 0 radical (unpaired) electrons. The van der Waals surface area contributed by atoms with Crippen LogP contribution in [0.4, 0.5) is 5.69 Å². The molecule has 2 aromatic rings. The maximum atomic E-state index is 12.1. The monoisotopic (exact) mass is 330 g/mol. The lowest BCUT2D eigenvalue weighted by molar-refractivity contribution is -0.123. The average Bonchev–Trinajstić information content (AvgIpc) is 2.86. The van der Waals surface area contributed by atoms with Gasteiger partial charge in [-0.3, -0.25) is 9.59 Å². The van der Waals surface area contributed by atoms with Crippen LogP contribution in [0.2, 0.25) is 0 Å². The van der Waals surface area contributed by atoms with Crippen LogP contribution in [0.1, 0.15) is 46.0 Å². The number of esters is 1. The summed E-state index contributed by atoms with van der Waals surface area (Å²) in [6.07, 6.45) is -1.00. The van der Waals surface area contributed by atoms with E-state index < -0.39 is 18.0 Å². The topological polar surface area (TPSA) is 98.5 Å². The Kier molecular flexibility index (Phi) is 5.13. The van der Waals surface area contributed by atoms with E-state index in [1.165, 1.54) is 13.8 Å². The predicted octanol–water partition coefficient (Wildman–Crippen LogP) is 2.68. The number of ether oxygens (including phenoxy) is 1. The molecule has 24 heavy (non-hydrogen) atoms. The van der Waals surface area contributed by atoms with Crippen LogP contribution in [0.5, 0.6) is 0 Å². The number of aryl methyl sites for hydroxylation is 2. The van der Waals surface area contributed by atoms with Crippen LogP contribution in [-0.4, -0.2) is 28.9 Å². The van der Waals surface area contributed by atoms with Crippen LogP contribution in [0.15, 0.2) is 28.8 Å². The molecule has 2 rings (SSSR count). The SMILES string of the molecule is CC(=O)c1ccc(NC(=O)[C@H](C)OC(=O)c2c(C)noc2C)cc1. The highest BCUT2D eigenvalue weighted by molar-refractivity contribution is 5.98. The number of hydrogen-bond acceptors (Lipinski definition) is 6. The molecular weight excluding hydrogens is 312 g/mol. The highest BCUT2D eigenvalue weighted by Gasteiger charge is 2.24. The van der Waals surface area contributed by atoms with E-state index in [2.05, 4.69) is 10.5 Å². The molecule has 0 aliphatic carbocycles. The van der Waals surface area contributed by atoms with Crippen LogP contribution in [-0.2, 0) is 9.53 Å². The molecule has 0 aliphatic rings. The zero-order valence-electron chi connectivity index (χ0n) is 13.9. The first-order valence-electron chi connectivity index (χ1n) is 7.35. The van der Waals surface area contributed by atoms with Gasteiger partial charge in [0.1, 0.15) is 11.3 Å². The zero-order valence-corrected chi connectivity index (χ0v) is 13.9. The summed E-state index contributed by atoms with van der Waals surface area (Å²) in [5.41, 5.74) is 1.68. The summed E-state index contributed by atoms with van der Waals surface area (Å²) in [7, 11) is 0. The third-order valence-corrected chi connectivity index (χ3v) is 3.45. The van der Waals surface area contributed by atoms with Gasteiger partial charge in [0, 0.05) is 11.3 Å². The van der Waals surface area contributed by atoms with Crippen molar-refractivity contribution in [1.82, 2.24) is 5.16 Å². The van der Waals surface area contributed by atoms with E-state index in [0.29, 0.717) is 22.7 Å². The van der Waals surface area contributed by atoms with Gasteiger partial charge in [0.25, 0.3) is 5.91 Å². The maximum absolute atomic E-state index is 12.1. The van der Waals surface area contributed by atoms with E-state index in [9.17, 15) is 14.4 Å². The summed E-state index contributed by atoms with van der Waals surface area (Å²) >= 11 is 0. The summed E-state index contributed by atoms with van der Waals surface area (Å²) in [5, 5.41) is 6.30. The molecule has 126 valence electrons. The largest absolute Gasteiger partial charge is 0.449 e. The number of carbonyl (C=O) groups excluding carboxylic acids is 3. The van der Waals surface area contributed by atoms with Crippen LogP contribution in [0, 0.1) is 13.8 Å². The summed E-state index contributed by atoms with van der Waals surface area (Å²) < 4.78 is 10.1. The van der Waals surface area contributed by atoms with E-state index in [1.807, 2.05) is 0 Å². The maximum Gasteiger partial charge on any atom is 0.344 e. The number of hydrogen-bond donors (Lipinski definition) is 1. The first kappa shape index (κ1) is 17.4. The molecule has 0 unspecified atom stereocenters. The first-order chi connectivity index (χ1) is 11.3. The van der Waals surface area contributed by atoms with Gasteiger partial charge in [-0.15, -0.1) is 0 Å². The van der Waals surface area contributed by atoms with Crippen molar-refractivity contribution in [1.29, 1.82) is 0 Å². The number of ketones is 1. The van der Waals surface area contributed by atoms with E-state index in [4.69, 9.17) is 9.26 Å². The molecule has 1 amide bonds. The molecule has 0 bridgehead atoms. The lowest BCUT2D eigenvalue weighted by Gasteiger charge is -2.13. The number of benzene rings is 1. The molecular formula is C17H18N2O5. The van der Waals surface area contributed by atoms with Gasteiger partial charge < -0.3 is 14.6 Å². The van der Waals surface area contributed by atoms with Crippen LogP contribution in [0.25, 0.3) is 0 Å². The highest BCUT2D eigenvalue weighted by atomic mass is 16.5. The summed E-state index contributed by atoms with van der Waals surface area (Å²) in [6, 6.07) is 6.44. The van der Waals surface area contributed by atoms with Crippen molar-refractivity contribution in [3.05, 3.63) is 46.8 Å². The van der Waals surface area contributed by atoms with Gasteiger partial charge in [0.05, 0.1) is 5.69 Å². The minimum Gasteiger partial charge on any atom is -0.449 e. The van der Waals surface area contributed by atoms with E-state index >= 15 is 0 Å². The number of Topliss-reactive ketones (excluding diaryl/α,β-unsaturated/α-hetero) is 1. The van der Waals surface area contributed by atoms with Crippen LogP contribution < -0.4 is 5.32 Å². The summed E-state index contributed by atoms with van der Waals surface area (Å²) in [4.78, 5) is 35.4. The van der Waals surface area contributed by atoms with Crippen molar-refractivity contribution < 1.29 is 23.6 Å². The molecule has 1 heterocycles. The molecule has 0 saturated heterocycles. The van der Waals surface area contributed by atoms with Gasteiger partial charge in [0.2, 0.25) is 0 Å². The number of anilines is 1. The Labute approximate surface area is 139 Å². The van der Waals surface area contributed by atoms with Crippen molar-refractivity contribution >= 4 is 23.3 Å². The fourth-order valence-electron chi connectivity index (χ4n) is 2.08. The quantitative estimate of drug-likeness (QED) is 0.668. The Balaban J connectivity index is 1.99. The smallest absolute Gasteiger partial charge is 0.344 e. The normalized spacial score (nSPS) is 11.7. The van der Waals surface area contributed by atoms with Crippen LogP contribution >= 0.6 is 0 Å². The Morgan fingerprint density at radius 3 is 2.29 bits per heavy atom. The van der Waals surface area contributed by atoms with Crippen LogP contribution in [0.3, 0.4) is 0 Å². The fourth-order valence-corrected chi connectivity index (χ4v) is 2.08. The van der Waals surface area contributed by atoms with Crippen molar-refractivity contribution in [2.45, 2.75) is 33.8 Å². The second-order valence-electron chi connectivity index (χ2n) is 5.37. The van der Waals surface area contributed by atoms with E-state index in [0.717, 1.165) is 0 Å². The summed E-state index contributed by atoms with van der Waals surface area (Å²) in [5.74, 6) is -0.869. The van der Waals surface area contributed by atoms with Gasteiger partial charge >= 0.3 is 5.97 Å². The number of rotatable bonds is 5. The van der Waals surface area contributed by atoms with Crippen molar-refractivity contribution in [2.24, 2.45) is 0 Å². The molecule has 1 aromatic carbocycles. The minimum atomic E-state index is -1.00. The molecule has 1 aromatic heterocycles. The molecule has 0 fully saturated rings. The molecule has 0 aliphatic heterocycles. The Morgan fingerprint density at radius 2 is 1.79 bits per heavy atom. The molecule has 1 N–H and O–H groups in total. The van der Waals surface area contributed by atoms with Crippen molar-refractivity contribution in [3.63, 3.8) is 0 Å². The lowest BCUT2D eigenvalue weighted by Crippen LogP contribution is -2.30. The predicted molar refractivity (Wildman–Crippen MR) is 85.9 cm³/mol. The Hall–Kier alpha value is -2.96. The number of nitrogens with zero attached hydrogens (tertiary/aromatic N) is 1. The van der Waals surface area contributed by atoms with E-state index in [-0.39, 0.29) is 11.3 Å². The van der Waals surface area contributed by atoms with Gasteiger partial charge in [-0.1, -0.05) is 5.16 Å². The Morgan fingerprint density at radius 1 is 1.17 bits per heavy atom. The number of aromatic nitrogens is 1. The molecule has 7 heteroatoms. The van der Waals surface area contributed by atoms with E-state index in [1.54, 1.807) is 38.1 Å². The number of amides is 1. The number of carbonyl (C=O) groups is 3. The van der Waals surface area contributed by atoms with Gasteiger partial charge in [-0.25, -0.2) is 4.79 Å². The van der Waals surface area contributed by atoms with Crippen molar-refractivity contribution in [2.75, 3.05) is 5.32 Å². The average molecular weight is 330 g/mol. The third kappa shape index (κ3) is 3.87. The molecule has 0 spiro atoms. The standard InChI is InChI=1S/C17H18N2O5/c1-9-15(11(3)24-19-9)17(22)23-12(4)16(21)18-14-7-5-13(6-8-14)10(2)20/h5-8,12H,1-4H3,(H,18,21)/t12-/m0/s1. The fraction of sp³-hybridized carbons (Fsp3) is 0.294. The third-order valence-electron chi connectivity index (χ3n) is 3.45. The second kappa shape index (κ2) is 7.08. The molecule has 1 atom stereocenters. The molecule has 7 nitrogen and oxygen atoms in total. The summed E-state index contributed by atoms with van der Waals surface area (Å²) in [6.45, 7) is 6.14. The van der Waals surface area contributed by atoms with Crippen molar-refractivity contribution in [3.8, 4) is 0 Å². The van der Waals surface area contributed by atoms with Gasteiger partial charge in [-0.2, -0.15) is 0 Å². The first-order valence-corrected chi connectivity index (χ1v) is 7.35.